The minimum atomic E-state index is 0.0919. The third-order valence-corrected chi connectivity index (χ3v) is 4.66. The number of methoxy groups -OCH3 is 1. The molecule has 1 unspecified atom stereocenters. The van der Waals surface area contributed by atoms with Gasteiger partial charge in [-0.05, 0) is 12.3 Å². The topological polar surface area (TPSA) is 55.6 Å². The van der Waals surface area contributed by atoms with Crippen molar-refractivity contribution in [2.75, 3.05) is 30.8 Å². The first-order chi connectivity index (χ1) is 8.58. The second-order valence-electron chi connectivity index (χ2n) is 4.80. The van der Waals surface area contributed by atoms with Crippen LogP contribution in [0.2, 0.25) is 0 Å². The first kappa shape index (κ1) is 13.2. The molecule has 0 saturated carbocycles. The van der Waals surface area contributed by atoms with Crippen LogP contribution < -0.4 is 15.4 Å². The van der Waals surface area contributed by atoms with Crippen molar-refractivity contribution in [3.05, 3.63) is 4.88 Å². The molecule has 18 heavy (non-hydrogen) atoms. The van der Waals surface area contributed by atoms with Gasteiger partial charge in [-0.15, -0.1) is 11.3 Å². The maximum Gasteiger partial charge on any atom is 0.177 e. The molecule has 1 saturated heterocycles. The number of nitrogens with two attached hydrogens (primary N) is 1. The Morgan fingerprint density at radius 2 is 2.33 bits per heavy atom. The summed E-state index contributed by atoms with van der Waals surface area (Å²) in [7, 11) is 1.61. The third kappa shape index (κ3) is 2.19. The van der Waals surface area contributed by atoms with Gasteiger partial charge in [0.1, 0.15) is 5.00 Å². The quantitative estimate of drug-likeness (QED) is 0.853. The van der Waals surface area contributed by atoms with E-state index in [1.165, 1.54) is 17.8 Å². The predicted molar refractivity (Wildman–Crippen MR) is 75.9 cm³/mol. The molecule has 0 bridgehead atoms. The Hall–Kier alpha value is -1.23. The summed E-state index contributed by atoms with van der Waals surface area (Å²) in [6.45, 7) is 6.11. The van der Waals surface area contributed by atoms with Crippen molar-refractivity contribution in [1.82, 2.24) is 0 Å². The van der Waals surface area contributed by atoms with E-state index in [-0.39, 0.29) is 5.78 Å². The summed E-state index contributed by atoms with van der Waals surface area (Å²) in [6, 6.07) is 0. The van der Waals surface area contributed by atoms with Gasteiger partial charge in [-0.3, -0.25) is 4.79 Å². The maximum atomic E-state index is 11.9. The number of carbonyl (C=O) groups excluding carboxylic acids is 1. The Labute approximate surface area is 112 Å². The number of Topliss-reactive ketones (excluding diaryl/α,β-unsaturated/α-hetero) is 1. The van der Waals surface area contributed by atoms with Crippen molar-refractivity contribution >= 4 is 27.8 Å². The highest BCUT2D eigenvalue weighted by Crippen LogP contribution is 2.46. The molecule has 1 atom stereocenters. The van der Waals surface area contributed by atoms with E-state index in [1.807, 2.05) is 6.92 Å². The smallest absolute Gasteiger partial charge is 0.177 e. The van der Waals surface area contributed by atoms with Crippen LogP contribution >= 0.6 is 11.3 Å². The van der Waals surface area contributed by atoms with Crippen LogP contribution in [0.15, 0.2) is 0 Å². The molecule has 4 nitrogen and oxygen atoms in total. The van der Waals surface area contributed by atoms with Crippen LogP contribution in [0.4, 0.5) is 10.7 Å². The number of ketones is 1. The van der Waals surface area contributed by atoms with Gasteiger partial charge < -0.3 is 15.4 Å². The first-order valence-electron chi connectivity index (χ1n) is 6.32. The average Bonchev–Trinajstić information content (AvgIpc) is 2.92. The zero-order chi connectivity index (χ0) is 13.3. The van der Waals surface area contributed by atoms with Gasteiger partial charge in [0.15, 0.2) is 11.5 Å². The molecule has 0 spiro atoms. The lowest BCUT2D eigenvalue weighted by molar-refractivity contribution is 0.0992. The zero-order valence-electron chi connectivity index (χ0n) is 11.2. The summed E-state index contributed by atoms with van der Waals surface area (Å²) < 4.78 is 5.39. The second kappa shape index (κ2) is 5.18. The highest BCUT2D eigenvalue weighted by molar-refractivity contribution is 7.19. The van der Waals surface area contributed by atoms with Crippen LogP contribution in [0.25, 0.3) is 0 Å². The molecule has 1 fully saturated rings. The number of nitrogen functional groups attached to an aromatic ring is 1. The fourth-order valence-corrected chi connectivity index (χ4v) is 3.54. The Kier molecular flexibility index (Phi) is 3.80. The molecule has 0 amide bonds. The molecular weight excluding hydrogens is 248 g/mol. The molecule has 0 radical (unpaired) electrons. The molecule has 5 heteroatoms. The van der Waals surface area contributed by atoms with Crippen molar-refractivity contribution in [3.63, 3.8) is 0 Å². The lowest BCUT2D eigenvalue weighted by Crippen LogP contribution is -2.18. The third-order valence-electron chi connectivity index (χ3n) is 3.37. The predicted octanol–water partition coefficient (Wildman–Crippen LogP) is 2.78. The highest BCUT2D eigenvalue weighted by Gasteiger charge is 2.28. The summed E-state index contributed by atoms with van der Waals surface area (Å²) in [5.74, 6) is 1.45. The van der Waals surface area contributed by atoms with Crippen LogP contribution in [-0.2, 0) is 0 Å². The molecule has 0 aromatic carbocycles. The van der Waals surface area contributed by atoms with Gasteiger partial charge in [-0.1, -0.05) is 13.8 Å². The molecule has 1 aromatic rings. The summed E-state index contributed by atoms with van der Waals surface area (Å²) in [6.07, 6.45) is 1.65. The van der Waals surface area contributed by atoms with E-state index >= 15 is 0 Å². The van der Waals surface area contributed by atoms with Crippen molar-refractivity contribution in [2.45, 2.75) is 26.7 Å². The Bertz CT molecular complexity index is 456. The van der Waals surface area contributed by atoms with Gasteiger partial charge in [0.2, 0.25) is 0 Å². The van der Waals surface area contributed by atoms with Crippen LogP contribution in [0.1, 0.15) is 36.4 Å². The summed E-state index contributed by atoms with van der Waals surface area (Å²) >= 11 is 1.47. The minimum absolute atomic E-state index is 0.0919. The molecule has 1 aliphatic heterocycles. The van der Waals surface area contributed by atoms with E-state index in [4.69, 9.17) is 10.5 Å². The lowest BCUT2D eigenvalue weighted by Gasteiger charge is -2.17. The van der Waals surface area contributed by atoms with Crippen LogP contribution in [0, 0.1) is 5.92 Å². The van der Waals surface area contributed by atoms with Crippen LogP contribution in [-0.4, -0.2) is 26.0 Å². The van der Waals surface area contributed by atoms with Gasteiger partial charge in [-0.25, -0.2) is 0 Å². The van der Waals surface area contributed by atoms with Crippen LogP contribution in [0.5, 0.6) is 5.75 Å². The van der Waals surface area contributed by atoms with Crippen LogP contribution in [0.3, 0.4) is 0 Å². The van der Waals surface area contributed by atoms with E-state index < -0.39 is 0 Å². The van der Waals surface area contributed by atoms with Gasteiger partial charge >= 0.3 is 0 Å². The highest BCUT2D eigenvalue weighted by atomic mass is 32.1. The SMILES string of the molecule is CCC(=O)c1sc(N2CCC(C)C2)c(OC)c1N. The number of carbonyl (C=O) groups is 1. The van der Waals surface area contributed by atoms with Crippen molar-refractivity contribution in [2.24, 2.45) is 5.92 Å². The van der Waals surface area contributed by atoms with E-state index in [0.29, 0.717) is 28.7 Å². The number of nitrogens with zero attached hydrogens (tertiary/aromatic N) is 1. The lowest BCUT2D eigenvalue weighted by atomic mass is 10.2. The van der Waals surface area contributed by atoms with Gasteiger partial charge in [0.25, 0.3) is 0 Å². The monoisotopic (exact) mass is 268 g/mol. The Morgan fingerprint density at radius 3 is 2.83 bits per heavy atom. The second-order valence-corrected chi connectivity index (χ2v) is 5.80. The fourth-order valence-electron chi connectivity index (χ4n) is 2.31. The minimum Gasteiger partial charge on any atom is -0.492 e. The number of ether oxygens (including phenoxy) is 1. The zero-order valence-corrected chi connectivity index (χ0v) is 12.0. The Morgan fingerprint density at radius 1 is 1.61 bits per heavy atom. The maximum absolute atomic E-state index is 11.9. The molecular formula is C13H20N2O2S. The summed E-state index contributed by atoms with van der Waals surface area (Å²) in [4.78, 5) is 14.8. The first-order valence-corrected chi connectivity index (χ1v) is 7.14. The fraction of sp³-hybridized carbons (Fsp3) is 0.615. The van der Waals surface area contributed by atoms with Crippen molar-refractivity contribution in [1.29, 1.82) is 0 Å². The Balaban J connectivity index is 2.38. The molecule has 2 heterocycles. The van der Waals surface area contributed by atoms with Gasteiger partial charge in [-0.2, -0.15) is 0 Å². The number of hydrogen-bond donors (Lipinski definition) is 1. The summed E-state index contributed by atoms with van der Waals surface area (Å²) in [5.41, 5.74) is 6.53. The van der Waals surface area contributed by atoms with E-state index in [2.05, 4.69) is 11.8 Å². The van der Waals surface area contributed by atoms with E-state index in [0.717, 1.165) is 18.1 Å². The van der Waals surface area contributed by atoms with E-state index in [9.17, 15) is 4.79 Å². The number of rotatable bonds is 4. The molecule has 100 valence electrons. The molecule has 0 aliphatic carbocycles. The number of thiophene rings is 1. The van der Waals surface area contributed by atoms with Crippen molar-refractivity contribution in [3.8, 4) is 5.75 Å². The normalized spacial score (nSPS) is 19.3. The van der Waals surface area contributed by atoms with Crippen molar-refractivity contribution < 1.29 is 9.53 Å². The van der Waals surface area contributed by atoms with E-state index in [1.54, 1.807) is 7.11 Å². The van der Waals surface area contributed by atoms with Gasteiger partial charge in [0.05, 0.1) is 17.7 Å². The number of anilines is 2. The number of hydrogen-bond acceptors (Lipinski definition) is 5. The standard InChI is InChI=1S/C13H20N2O2S/c1-4-9(16)12-10(14)11(17-3)13(18-12)15-6-5-8(2)7-15/h8H,4-7,14H2,1-3H3. The molecule has 1 aromatic heterocycles. The summed E-state index contributed by atoms with van der Waals surface area (Å²) in [5, 5.41) is 1.01. The van der Waals surface area contributed by atoms with Gasteiger partial charge in [0, 0.05) is 19.5 Å². The molecule has 2 rings (SSSR count). The largest absolute Gasteiger partial charge is 0.492 e. The molecule has 1 aliphatic rings. The average molecular weight is 268 g/mol. The molecule has 2 N–H and O–H groups in total.